The number of aromatic nitrogens is 2. The Hall–Kier alpha value is -2.48. The van der Waals surface area contributed by atoms with E-state index in [1.807, 2.05) is 12.3 Å². The normalized spacial score (nSPS) is 23.6. The van der Waals surface area contributed by atoms with Crippen LogP contribution in [-0.4, -0.2) is 57.7 Å². The number of nitrogen functional groups attached to an aromatic ring is 1. The molecule has 1 aromatic carbocycles. The third kappa shape index (κ3) is 4.44. The quantitative estimate of drug-likeness (QED) is 0.627. The number of carbonyl (C=O) groups is 1. The molecule has 1 aromatic heterocycles. The molecule has 0 spiro atoms. The number of nitrogens with zero attached hydrogens (tertiary/aromatic N) is 3. The third-order valence-electron chi connectivity index (χ3n) is 6.66. The Balaban J connectivity index is 1.68. The summed E-state index contributed by atoms with van der Waals surface area (Å²) in [6, 6.07) is 4.22. The van der Waals surface area contributed by atoms with E-state index in [4.69, 9.17) is 10.5 Å². The molecule has 2 atom stereocenters. The maximum Gasteiger partial charge on any atom is 0.407 e. The van der Waals surface area contributed by atoms with Gasteiger partial charge in [0.15, 0.2) is 0 Å². The molecule has 31 heavy (non-hydrogen) atoms. The van der Waals surface area contributed by atoms with Crippen LogP contribution in [0.15, 0.2) is 18.3 Å². The Morgan fingerprint density at radius 1 is 1.23 bits per heavy atom. The maximum absolute atomic E-state index is 12.0. The van der Waals surface area contributed by atoms with E-state index in [1.165, 1.54) is 0 Å². The number of rotatable bonds is 3. The number of hydrogen-bond donors (Lipinski definition) is 3. The lowest BCUT2D eigenvalue weighted by molar-refractivity contribution is 0.0675. The second kappa shape index (κ2) is 8.57. The summed E-state index contributed by atoms with van der Waals surface area (Å²) < 4.78 is 7.61. The fourth-order valence-corrected chi connectivity index (χ4v) is 5.25. The highest BCUT2D eigenvalue weighted by atomic mass is 16.5. The van der Waals surface area contributed by atoms with Crippen molar-refractivity contribution in [2.24, 2.45) is 5.41 Å². The van der Waals surface area contributed by atoms with E-state index in [2.05, 4.69) is 41.9 Å². The smallest absolute Gasteiger partial charge is 0.407 e. The Bertz CT molecular complexity index is 929. The summed E-state index contributed by atoms with van der Waals surface area (Å²) in [5, 5.41) is 19.2. The SMILES string of the molecule is CC(C)(C)[C@@H]1C(Nc2cc3c(cnn3C3CCOCC3)cc2N)CCCCN1C(=O)O. The van der Waals surface area contributed by atoms with Gasteiger partial charge in [-0.2, -0.15) is 5.10 Å². The fraction of sp³-hybridized carbons (Fsp3) is 0.652. The van der Waals surface area contributed by atoms with Crippen LogP contribution in [0.3, 0.4) is 0 Å². The number of hydrogen-bond acceptors (Lipinski definition) is 5. The average molecular weight is 430 g/mol. The number of amides is 1. The van der Waals surface area contributed by atoms with Crippen molar-refractivity contribution in [1.29, 1.82) is 0 Å². The van der Waals surface area contributed by atoms with Gasteiger partial charge in [-0.15, -0.1) is 0 Å². The van der Waals surface area contributed by atoms with Crippen molar-refractivity contribution in [2.45, 2.75) is 71.0 Å². The zero-order valence-electron chi connectivity index (χ0n) is 18.8. The highest BCUT2D eigenvalue weighted by Gasteiger charge is 2.40. The molecule has 2 fully saturated rings. The molecule has 2 aliphatic heterocycles. The van der Waals surface area contributed by atoms with Crippen LogP contribution in [0.5, 0.6) is 0 Å². The van der Waals surface area contributed by atoms with Crippen LogP contribution in [0.1, 0.15) is 58.9 Å². The first kappa shape index (κ1) is 21.7. The van der Waals surface area contributed by atoms with Crippen molar-refractivity contribution in [2.75, 3.05) is 30.8 Å². The lowest BCUT2D eigenvalue weighted by Gasteiger charge is -2.42. The molecule has 2 saturated heterocycles. The second-order valence-electron chi connectivity index (χ2n) is 9.96. The minimum atomic E-state index is -0.852. The van der Waals surface area contributed by atoms with Crippen LogP contribution in [0.2, 0.25) is 0 Å². The molecule has 1 unspecified atom stereocenters. The van der Waals surface area contributed by atoms with Crippen molar-refractivity contribution < 1.29 is 14.6 Å². The highest BCUT2D eigenvalue weighted by Crippen LogP contribution is 2.36. The number of carboxylic acid groups (broad SMARTS) is 1. The number of anilines is 2. The van der Waals surface area contributed by atoms with Crippen LogP contribution in [0, 0.1) is 5.41 Å². The predicted molar refractivity (Wildman–Crippen MR) is 122 cm³/mol. The third-order valence-corrected chi connectivity index (χ3v) is 6.66. The fourth-order valence-electron chi connectivity index (χ4n) is 5.25. The number of likely N-dealkylation sites (tertiary alicyclic amines) is 1. The number of nitrogens with two attached hydrogens (primary N) is 1. The Morgan fingerprint density at radius 3 is 2.65 bits per heavy atom. The van der Waals surface area contributed by atoms with Crippen LogP contribution >= 0.6 is 0 Å². The molecule has 4 N–H and O–H groups in total. The minimum absolute atomic E-state index is 0.0159. The molecular weight excluding hydrogens is 394 g/mol. The average Bonchev–Trinajstić information content (AvgIpc) is 2.98. The predicted octanol–water partition coefficient (Wildman–Crippen LogP) is 4.33. The van der Waals surface area contributed by atoms with Crippen molar-refractivity contribution in [3.05, 3.63) is 18.3 Å². The van der Waals surface area contributed by atoms with Gasteiger partial charge in [0.2, 0.25) is 0 Å². The first-order valence-electron chi connectivity index (χ1n) is 11.4. The van der Waals surface area contributed by atoms with Crippen LogP contribution in [0.25, 0.3) is 10.9 Å². The Labute approximate surface area is 183 Å². The number of ether oxygens (including phenoxy) is 1. The minimum Gasteiger partial charge on any atom is -0.465 e. The van der Waals surface area contributed by atoms with Crippen LogP contribution < -0.4 is 11.1 Å². The van der Waals surface area contributed by atoms with Crippen LogP contribution in [0.4, 0.5) is 16.2 Å². The van der Waals surface area contributed by atoms with Gasteiger partial charge < -0.3 is 25.8 Å². The van der Waals surface area contributed by atoms with E-state index >= 15 is 0 Å². The van der Waals surface area contributed by atoms with Gasteiger partial charge in [-0.3, -0.25) is 4.68 Å². The van der Waals surface area contributed by atoms with Crippen molar-refractivity contribution in [1.82, 2.24) is 14.7 Å². The zero-order valence-corrected chi connectivity index (χ0v) is 18.8. The van der Waals surface area contributed by atoms with E-state index in [0.29, 0.717) is 18.3 Å². The topological polar surface area (TPSA) is 106 Å². The molecule has 0 aliphatic carbocycles. The first-order chi connectivity index (χ1) is 14.8. The van der Waals surface area contributed by atoms with Gasteiger partial charge in [0, 0.05) is 31.2 Å². The van der Waals surface area contributed by atoms with E-state index in [0.717, 1.165) is 61.9 Å². The molecule has 0 radical (unpaired) electrons. The molecular formula is C23H35N5O3. The Kier molecular flexibility index (Phi) is 6.01. The van der Waals surface area contributed by atoms with E-state index in [-0.39, 0.29) is 17.5 Å². The summed E-state index contributed by atoms with van der Waals surface area (Å²) in [6.45, 7) is 8.42. The summed E-state index contributed by atoms with van der Waals surface area (Å²) in [4.78, 5) is 13.7. The maximum atomic E-state index is 12.0. The van der Waals surface area contributed by atoms with Gasteiger partial charge in [0.05, 0.1) is 35.2 Å². The lowest BCUT2D eigenvalue weighted by atomic mass is 9.80. The van der Waals surface area contributed by atoms with Gasteiger partial charge in [0.1, 0.15) is 0 Å². The lowest BCUT2D eigenvalue weighted by Crippen LogP contribution is -2.54. The van der Waals surface area contributed by atoms with Crippen molar-refractivity contribution in [3.8, 4) is 0 Å². The zero-order chi connectivity index (χ0) is 22.2. The van der Waals surface area contributed by atoms with Gasteiger partial charge in [-0.25, -0.2) is 4.79 Å². The van der Waals surface area contributed by atoms with Crippen molar-refractivity contribution in [3.63, 3.8) is 0 Å². The summed E-state index contributed by atoms with van der Waals surface area (Å²) in [5.74, 6) is 0. The largest absolute Gasteiger partial charge is 0.465 e. The molecule has 4 rings (SSSR count). The first-order valence-corrected chi connectivity index (χ1v) is 11.4. The van der Waals surface area contributed by atoms with Crippen LogP contribution in [-0.2, 0) is 4.74 Å². The molecule has 0 bridgehead atoms. The van der Waals surface area contributed by atoms with E-state index in [1.54, 1.807) is 4.90 Å². The van der Waals surface area contributed by atoms with E-state index in [9.17, 15) is 9.90 Å². The molecule has 2 aliphatic rings. The number of nitrogens with one attached hydrogen (secondary N) is 1. The van der Waals surface area contributed by atoms with Gasteiger partial charge >= 0.3 is 6.09 Å². The van der Waals surface area contributed by atoms with Gasteiger partial charge in [-0.05, 0) is 49.7 Å². The monoisotopic (exact) mass is 429 g/mol. The summed E-state index contributed by atoms with van der Waals surface area (Å²) in [6.07, 6.45) is 5.69. The van der Waals surface area contributed by atoms with Gasteiger partial charge in [-0.1, -0.05) is 20.8 Å². The Morgan fingerprint density at radius 2 is 1.97 bits per heavy atom. The molecule has 8 heteroatoms. The molecule has 0 saturated carbocycles. The summed E-state index contributed by atoms with van der Waals surface area (Å²) >= 11 is 0. The number of benzene rings is 1. The second-order valence-corrected chi connectivity index (χ2v) is 9.96. The molecule has 3 heterocycles. The summed E-state index contributed by atoms with van der Waals surface area (Å²) in [7, 11) is 0. The molecule has 8 nitrogen and oxygen atoms in total. The molecule has 2 aromatic rings. The van der Waals surface area contributed by atoms with Crippen molar-refractivity contribution >= 4 is 28.4 Å². The molecule has 170 valence electrons. The van der Waals surface area contributed by atoms with Gasteiger partial charge in [0.25, 0.3) is 0 Å². The molecule has 1 amide bonds. The van der Waals surface area contributed by atoms with E-state index < -0.39 is 6.09 Å². The highest BCUT2D eigenvalue weighted by molar-refractivity contribution is 5.89. The summed E-state index contributed by atoms with van der Waals surface area (Å²) in [5.41, 5.74) is 8.80. The number of fused-ring (bicyclic) bond motifs is 1. The standard InChI is InChI=1S/C23H35N5O3/c1-23(2,3)21-18(6-4-5-9-27(21)22(29)30)26-19-13-20-15(12-17(19)24)14-25-28(20)16-7-10-31-11-8-16/h12-14,16,18,21,26H,4-11,24H2,1-3H3,(H,29,30)/t18?,21-/m0/s1.